The second-order valence-corrected chi connectivity index (χ2v) is 4.76. The number of halogens is 2. The molecule has 1 N–H and O–H groups in total. The average Bonchev–Trinajstić information content (AvgIpc) is 2.34. The minimum Gasteiger partial charge on any atom is -0.380 e. The predicted molar refractivity (Wildman–Crippen MR) is 77.8 cm³/mol. The Morgan fingerprint density at radius 3 is 3.06 bits per heavy atom. The molecule has 88 valence electrons. The van der Waals surface area contributed by atoms with Crippen molar-refractivity contribution in [3.63, 3.8) is 0 Å². The number of rotatable bonds is 4. The van der Waals surface area contributed by atoms with Gasteiger partial charge < -0.3 is 5.32 Å². The second-order valence-electron chi connectivity index (χ2n) is 3.54. The first kappa shape index (κ1) is 12.4. The van der Waals surface area contributed by atoms with Crippen LogP contribution in [0.4, 0.5) is 5.69 Å². The summed E-state index contributed by atoms with van der Waals surface area (Å²) >= 11 is 8.99. The molecule has 1 aromatic carbocycles. The van der Waals surface area contributed by atoms with Crippen LogP contribution in [0, 0.1) is 0 Å². The van der Waals surface area contributed by atoms with Gasteiger partial charge in [-0.15, -0.1) is 11.6 Å². The number of anilines is 1. The van der Waals surface area contributed by atoms with Gasteiger partial charge in [0, 0.05) is 28.5 Å². The van der Waals surface area contributed by atoms with E-state index >= 15 is 0 Å². The van der Waals surface area contributed by atoms with Crippen LogP contribution in [0.3, 0.4) is 0 Å². The molecule has 0 spiro atoms. The van der Waals surface area contributed by atoms with Gasteiger partial charge in [0.1, 0.15) is 0 Å². The topological polar surface area (TPSA) is 24.9 Å². The first-order valence-corrected chi connectivity index (χ1v) is 6.63. The Morgan fingerprint density at radius 1 is 1.35 bits per heavy atom. The largest absolute Gasteiger partial charge is 0.380 e. The number of aromatic nitrogens is 1. The first-order valence-electron chi connectivity index (χ1n) is 5.30. The van der Waals surface area contributed by atoms with Crippen LogP contribution < -0.4 is 5.32 Å². The van der Waals surface area contributed by atoms with Crippen LogP contribution in [-0.2, 0) is 0 Å². The van der Waals surface area contributed by atoms with Crippen LogP contribution >= 0.6 is 27.5 Å². The maximum atomic E-state index is 5.56. The van der Waals surface area contributed by atoms with Crippen molar-refractivity contribution in [1.29, 1.82) is 0 Å². The monoisotopic (exact) mass is 310 g/mol. The van der Waals surface area contributed by atoms with Gasteiger partial charge >= 0.3 is 0 Å². The van der Waals surface area contributed by atoms with Crippen LogP contribution in [0.5, 0.6) is 0 Å². The van der Waals surface area contributed by atoms with E-state index in [1.165, 1.54) is 0 Å². The summed E-state index contributed by atoms with van der Waals surface area (Å²) in [7, 11) is 0. The third-order valence-electron chi connectivity index (χ3n) is 2.34. The summed E-state index contributed by atoms with van der Waals surface area (Å²) < 4.78 is 0.990. The maximum Gasteiger partial charge on any atom is 0.0934 e. The lowest BCUT2D eigenvalue weighted by Crippen LogP contribution is -1.99. The molecule has 0 aliphatic rings. The highest BCUT2D eigenvalue weighted by Gasteiger charge is 2.01. The number of nitrogens with zero attached hydrogens (tertiary/aromatic N) is 1. The van der Waals surface area contributed by atoms with E-state index in [-0.39, 0.29) is 0 Å². The van der Waals surface area contributed by atoms with Crippen molar-refractivity contribution in [3.05, 3.63) is 47.1 Å². The van der Waals surface area contributed by atoms with Gasteiger partial charge in [0.25, 0.3) is 0 Å². The third kappa shape index (κ3) is 3.20. The van der Waals surface area contributed by atoms with Crippen molar-refractivity contribution >= 4 is 44.1 Å². The van der Waals surface area contributed by atoms with Crippen LogP contribution in [0.1, 0.15) is 0 Å². The smallest absolute Gasteiger partial charge is 0.0934 e. The molecule has 2 nitrogen and oxygen atoms in total. The van der Waals surface area contributed by atoms with E-state index in [2.05, 4.69) is 32.3 Å². The van der Waals surface area contributed by atoms with Crippen molar-refractivity contribution in [1.82, 2.24) is 4.98 Å². The molecule has 0 unspecified atom stereocenters. The van der Waals surface area contributed by atoms with Gasteiger partial charge in [-0.25, -0.2) is 0 Å². The standard InChI is InChI=1S/C13H12BrClN2/c14-11-8-10-4-3-5-12(13(10)17-9-11)16-7-2-1-6-15/h1-5,8-9,16H,6-7H2/b2-1+. The molecule has 1 aromatic heterocycles. The van der Waals surface area contributed by atoms with E-state index in [9.17, 15) is 0 Å². The summed E-state index contributed by atoms with van der Waals surface area (Å²) in [4.78, 5) is 4.42. The number of hydrogen-bond donors (Lipinski definition) is 1. The molecule has 1 heterocycles. The Hall–Kier alpha value is -1.06. The molecule has 2 rings (SSSR count). The molecule has 0 radical (unpaired) electrons. The summed E-state index contributed by atoms with van der Waals surface area (Å²) in [6, 6.07) is 8.15. The Balaban J connectivity index is 2.25. The van der Waals surface area contributed by atoms with Gasteiger partial charge in [0.2, 0.25) is 0 Å². The zero-order valence-corrected chi connectivity index (χ0v) is 11.5. The summed E-state index contributed by atoms with van der Waals surface area (Å²) in [5.74, 6) is 0.544. The first-order chi connectivity index (χ1) is 8.31. The summed E-state index contributed by atoms with van der Waals surface area (Å²) in [6.07, 6.45) is 5.73. The molecule has 0 aliphatic heterocycles. The van der Waals surface area contributed by atoms with Gasteiger partial charge in [-0.2, -0.15) is 0 Å². The number of benzene rings is 1. The Bertz CT molecular complexity index is 540. The van der Waals surface area contributed by atoms with Crippen molar-refractivity contribution in [3.8, 4) is 0 Å². The number of pyridine rings is 1. The maximum absolute atomic E-state index is 5.56. The molecule has 0 aliphatic carbocycles. The molecule has 0 atom stereocenters. The van der Waals surface area contributed by atoms with Gasteiger partial charge in [-0.1, -0.05) is 24.3 Å². The lowest BCUT2D eigenvalue weighted by Gasteiger charge is -2.07. The van der Waals surface area contributed by atoms with Crippen LogP contribution in [-0.4, -0.2) is 17.4 Å². The van der Waals surface area contributed by atoms with Gasteiger partial charge in [-0.05, 0) is 28.1 Å². The fourth-order valence-electron chi connectivity index (χ4n) is 1.59. The molecular formula is C13H12BrClN2. The number of nitrogens with one attached hydrogen (secondary N) is 1. The lowest BCUT2D eigenvalue weighted by molar-refractivity contribution is 1.31. The number of hydrogen-bond acceptors (Lipinski definition) is 2. The molecule has 4 heteroatoms. The van der Waals surface area contributed by atoms with E-state index in [0.29, 0.717) is 5.88 Å². The molecule has 0 saturated carbocycles. The molecule has 17 heavy (non-hydrogen) atoms. The Labute approximate surface area is 114 Å². The number of para-hydroxylation sites is 1. The summed E-state index contributed by atoms with van der Waals surface area (Å²) in [5.41, 5.74) is 2.02. The number of alkyl halides is 1. The van der Waals surface area contributed by atoms with E-state index in [4.69, 9.17) is 11.6 Å². The summed E-state index contributed by atoms with van der Waals surface area (Å²) in [5, 5.41) is 4.44. The Kier molecular flexibility index (Phi) is 4.40. The highest BCUT2D eigenvalue weighted by Crippen LogP contribution is 2.23. The molecular weight excluding hydrogens is 300 g/mol. The zero-order valence-electron chi connectivity index (χ0n) is 9.16. The van der Waals surface area contributed by atoms with Crippen molar-refractivity contribution in [2.75, 3.05) is 17.7 Å². The zero-order chi connectivity index (χ0) is 12.1. The van der Waals surface area contributed by atoms with Crippen molar-refractivity contribution < 1.29 is 0 Å². The minimum absolute atomic E-state index is 0.544. The molecule has 2 aromatic rings. The molecule has 0 saturated heterocycles. The molecule has 0 bridgehead atoms. The van der Waals surface area contributed by atoms with E-state index < -0.39 is 0 Å². The number of allylic oxidation sites excluding steroid dienone is 1. The van der Waals surface area contributed by atoms with E-state index in [1.54, 1.807) is 0 Å². The quantitative estimate of drug-likeness (QED) is 0.676. The van der Waals surface area contributed by atoms with Crippen molar-refractivity contribution in [2.24, 2.45) is 0 Å². The Morgan fingerprint density at radius 2 is 2.24 bits per heavy atom. The van der Waals surface area contributed by atoms with E-state index in [1.807, 2.05) is 36.5 Å². The molecule has 0 amide bonds. The summed E-state index contributed by atoms with van der Waals surface area (Å²) in [6.45, 7) is 0.754. The second kappa shape index (κ2) is 6.03. The van der Waals surface area contributed by atoms with Gasteiger partial charge in [0.05, 0.1) is 11.2 Å². The van der Waals surface area contributed by atoms with Gasteiger partial charge in [0.15, 0.2) is 0 Å². The fourth-order valence-corrected chi connectivity index (χ4v) is 2.07. The van der Waals surface area contributed by atoms with Crippen LogP contribution in [0.2, 0.25) is 0 Å². The lowest BCUT2D eigenvalue weighted by atomic mass is 10.2. The predicted octanol–water partition coefficient (Wildman–Crippen LogP) is 4.20. The normalized spacial score (nSPS) is 11.2. The SMILES string of the molecule is ClC/C=C/CNc1cccc2cc(Br)cnc12. The van der Waals surface area contributed by atoms with Crippen molar-refractivity contribution in [2.45, 2.75) is 0 Å². The highest BCUT2D eigenvalue weighted by atomic mass is 79.9. The third-order valence-corrected chi connectivity index (χ3v) is 2.96. The van der Waals surface area contributed by atoms with Crippen LogP contribution in [0.15, 0.2) is 47.1 Å². The molecule has 0 fully saturated rings. The minimum atomic E-state index is 0.544. The van der Waals surface area contributed by atoms with Gasteiger partial charge in [-0.3, -0.25) is 4.98 Å². The average molecular weight is 312 g/mol. The van der Waals surface area contributed by atoms with E-state index in [0.717, 1.165) is 27.6 Å². The van der Waals surface area contributed by atoms with Crippen LogP contribution in [0.25, 0.3) is 10.9 Å². The highest BCUT2D eigenvalue weighted by molar-refractivity contribution is 9.10. The fraction of sp³-hybridized carbons (Fsp3) is 0.154. The number of fused-ring (bicyclic) bond motifs is 1.